The van der Waals surface area contributed by atoms with Crippen molar-refractivity contribution in [2.75, 3.05) is 19.6 Å². The second kappa shape index (κ2) is 10.2. The van der Waals surface area contributed by atoms with E-state index in [0.29, 0.717) is 12.3 Å². The van der Waals surface area contributed by atoms with Gasteiger partial charge in [-0.3, -0.25) is 4.79 Å². The normalized spacial score (nSPS) is 19.6. The molecule has 3 rings (SSSR count). The molecule has 1 saturated carbocycles. The zero-order valence-corrected chi connectivity index (χ0v) is 16.3. The summed E-state index contributed by atoms with van der Waals surface area (Å²) in [4.78, 5) is 15.2. The van der Waals surface area contributed by atoms with Crippen LogP contribution >= 0.6 is 12.4 Å². The molecule has 4 heteroatoms. The van der Waals surface area contributed by atoms with Gasteiger partial charge in [-0.1, -0.05) is 36.8 Å². The lowest BCUT2D eigenvalue weighted by molar-refractivity contribution is -0.135. The van der Waals surface area contributed by atoms with Gasteiger partial charge in [0.1, 0.15) is 0 Å². The highest BCUT2D eigenvalue weighted by molar-refractivity contribution is 5.85. The number of nitrogens with zero attached hydrogens (tertiary/aromatic N) is 1. The third-order valence-electron chi connectivity index (χ3n) is 5.97. The first-order chi connectivity index (χ1) is 11.7. The van der Waals surface area contributed by atoms with E-state index in [1.165, 1.54) is 37.7 Å². The molecule has 1 saturated heterocycles. The molecular formula is C21H33ClN2O. The highest BCUT2D eigenvalue weighted by atomic mass is 35.5. The molecular weight excluding hydrogens is 332 g/mol. The van der Waals surface area contributed by atoms with E-state index in [1.807, 2.05) is 6.07 Å². The average molecular weight is 365 g/mol. The second-order valence-corrected chi connectivity index (χ2v) is 7.66. The van der Waals surface area contributed by atoms with Crippen molar-refractivity contribution in [1.29, 1.82) is 0 Å². The maximum absolute atomic E-state index is 13.0. The molecule has 3 nitrogen and oxygen atoms in total. The van der Waals surface area contributed by atoms with Gasteiger partial charge >= 0.3 is 0 Å². The number of hydrogen-bond donors (Lipinski definition) is 1. The van der Waals surface area contributed by atoms with E-state index in [1.54, 1.807) is 0 Å². The molecule has 2 fully saturated rings. The van der Waals surface area contributed by atoms with E-state index in [0.717, 1.165) is 37.9 Å². The molecule has 1 heterocycles. The molecule has 140 valence electrons. The summed E-state index contributed by atoms with van der Waals surface area (Å²) >= 11 is 0. The topological polar surface area (TPSA) is 32.3 Å². The number of halogens is 1. The van der Waals surface area contributed by atoms with E-state index >= 15 is 0 Å². The van der Waals surface area contributed by atoms with Crippen LogP contribution in [-0.2, 0) is 4.79 Å². The van der Waals surface area contributed by atoms with Crippen LogP contribution in [0.15, 0.2) is 30.3 Å². The highest BCUT2D eigenvalue weighted by Gasteiger charge is 2.28. The number of nitrogens with one attached hydrogen (secondary N) is 1. The van der Waals surface area contributed by atoms with E-state index in [4.69, 9.17) is 0 Å². The fourth-order valence-corrected chi connectivity index (χ4v) is 3.98. The smallest absolute Gasteiger partial charge is 0.223 e. The van der Waals surface area contributed by atoms with Gasteiger partial charge in [-0.25, -0.2) is 0 Å². The number of piperidine rings is 1. The standard InChI is InChI=1S/C21H32N2O.ClH/c1-17(20-8-3-2-4-9-20)23(16-19-6-5-7-19)21(24)11-10-18-12-14-22-15-13-18;/h2-4,8-9,17-19,22H,5-7,10-16H2,1H3;1H. The van der Waals surface area contributed by atoms with E-state index < -0.39 is 0 Å². The zero-order chi connectivity index (χ0) is 16.8. The van der Waals surface area contributed by atoms with Gasteiger partial charge in [0.05, 0.1) is 6.04 Å². The first kappa shape index (κ1) is 20.3. The Morgan fingerprint density at radius 2 is 1.80 bits per heavy atom. The summed E-state index contributed by atoms with van der Waals surface area (Å²) in [6.45, 7) is 5.37. The molecule has 1 N–H and O–H groups in total. The monoisotopic (exact) mass is 364 g/mol. The summed E-state index contributed by atoms with van der Waals surface area (Å²) < 4.78 is 0. The fraction of sp³-hybridized carbons (Fsp3) is 0.667. The van der Waals surface area contributed by atoms with Crippen molar-refractivity contribution < 1.29 is 4.79 Å². The zero-order valence-electron chi connectivity index (χ0n) is 15.5. The van der Waals surface area contributed by atoms with Crippen molar-refractivity contribution in [2.24, 2.45) is 11.8 Å². The molecule has 1 aliphatic carbocycles. The minimum Gasteiger partial charge on any atom is -0.336 e. The van der Waals surface area contributed by atoms with Crippen LogP contribution in [0.25, 0.3) is 0 Å². The quantitative estimate of drug-likeness (QED) is 0.768. The Bertz CT molecular complexity index is 512. The summed E-state index contributed by atoms with van der Waals surface area (Å²) in [5, 5.41) is 3.41. The number of carbonyl (C=O) groups is 1. The molecule has 25 heavy (non-hydrogen) atoms. The number of benzene rings is 1. The molecule has 0 aromatic heterocycles. The summed E-state index contributed by atoms with van der Waals surface area (Å²) in [6, 6.07) is 10.7. The minimum atomic E-state index is 0. The molecule has 1 aromatic carbocycles. The molecule has 1 atom stereocenters. The fourth-order valence-electron chi connectivity index (χ4n) is 3.98. The predicted molar refractivity (Wildman–Crippen MR) is 106 cm³/mol. The van der Waals surface area contributed by atoms with Gasteiger partial charge in [-0.05, 0) is 69.5 Å². The first-order valence-electron chi connectivity index (χ1n) is 9.79. The Labute approximate surface area is 159 Å². The van der Waals surface area contributed by atoms with Crippen LogP contribution in [0.4, 0.5) is 0 Å². The van der Waals surface area contributed by atoms with Crippen molar-refractivity contribution in [3.63, 3.8) is 0 Å². The van der Waals surface area contributed by atoms with Crippen LogP contribution < -0.4 is 5.32 Å². The average Bonchev–Trinajstić information content (AvgIpc) is 2.60. The van der Waals surface area contributed by atoms with E-state index in [9.17, 15) is 4.79 Å². The highest BCUT2D eigenvalue weighted by Crippen LogP contribution is 2.31. The van der Waals surface area contributed by atoms with Crippen LogP contribution in [0, 0.1) is 11.8 Å². The molecule has 1 aromatic rings. The van der Waals surface area contributed by atoms with Crippen molar-refractivity contribution in [2.45, 2.75) is 57.9 Å². The largest absolute Gasteiger partial charge is 0.336 e. The van der Waals surface area contributed by atoms with Crippen molar-refractivity contribution in [3.05, 3.63) is 35.9 Å². The maximum Gasteiger partial charge on any atom is 0.223 e. The molecule has 1 amide bonds. The summed E-state index contributed by atoms with van der Waals surface area (Å²) in [6.07, 6.45) is 8.15. The van der Waals surface area contributed by atoms with Gasteiger partial charge < -0.3 is 10.2 Å². The lowest BCUT2D eigenvalue weighted by Crippen LogP contribution is -2.39. The van der Waals surface area contributed by atoms with Crippen LogP contribution in [0.5, 0.6) is 0 Å². The van der Waals surface area contributed by atoms with Crippen molar-refractivity contribution in [1.82, 2.24) is 10.2 Å². The van der Waals surface area contributed by atoms with Crippen LogP contribution in [0.2, 0.25) is 0 Å². The molecule has 0 spiro atoms. The summed E-state index contributed by atoms with van der Waals surface area (Å²) in [7, 11) is 0. The summed E-state index contributed by atoms with van der Waals surface area (Å²) in [5.41, 5.74) is 1.26. The second-order valence-electron chi connectivity index (χ2n) is 7.66. The molecule has 1 unspecified atom stereocenters. The molecule has 2 aliphatic rings. The minimum absolute atomic E-state index is 0. The lowest BCUT2D eigenvalue weighted by atomic mass is 9.84. The van der Waals surface area contributed by atoms with Gasteiger partial charge in [0, 0.05) is 13.0 Å². The Kier molecular flexibility index (Phi) is 8.25. The predicted octanol–water partition coefficient (Wildman–Crippen LogP) is 4.58. The van der Waals surface area contributed by atoms with Gasteiger partial charge in [0.25, 0.3) is 0 Å². The Morgan fingerprint density at radius 3 is 2.40 bits per heavy atom. The third-order valence-corrected chi connectivity index (χ3v) is 5.97. The molecule has 1 aliphatic heterocycles. The Balaban J connectivity index is 0.00000225. The van der Waals surface area contributed by atoms with Crippen LogP contribution in [-0.4, -0.2) is 30.4 Å². The number of rotatable bonds is 7. The van der Waals surface area contributed by atoms with Gasteiger partial charge in [0.2, 0.25) is 5.91 Å². The first-order valence-corrected chi connectivity index (χ1v) is 9.79. The van der Waals surface area contributed by atoms with Gasteiger partial charge in [-0.15, -0.1) is 12.4 Å². The number of carbonyl (C=O) groups excluding carboxylic acids is 1. The van der Waals surface area contributed by atoms with E-state index in [-0.39, 0.29) is 18.4 Å². The van der Waals surface area contributed by atoms with Gasteiger partial charge in [-0.2, -0.15) is 0 Å². The van der Waals surface area contributed by atoms with Crippen LogP contribution in [0.3, 0.4) is 0 Å². The molecule has 0 bridgehead atoms. The summed E-state index contributed by atoms with van der Waals surface area (Å²) in [5.74, 6) is 1.81. The molecule has 0 radical (unpaired) electrons. The van der Waals surface area contributed by atoms with Gasteiger partial charge in [0.15, 0.2) is 0 Å². The van der Waals surface area contributed by atoms with Crippen LogP contribution in [0.1, 0.15) is 63.5 Å². The van der Waals surface area contributed by atoms with E-state index in [2.05, 4.69) is 41.4 Å². The maximum atomic E-state index is 13.0. The lowest BCUT2D eigenvalue weighted by Gasteiger charge is -2.36. The Morgan fingerprint density at radius 1 is 1.12 bits per heavy atom. The number of amides is 1. The Hall–Kier alpha value is -1.06. The number of hydrogen-bond acceptors (Lipinski definition) is 2. The van der Waals surface area contributed by atoms with Crippen molar-refractivity contribution >= 4 is 18.3 Å². The SMILES string of the molecule is CC(c1ccccc1)N(CC1CCC1)C(=O)CCC1CCNCC1.Cl. The third kappa shape index (κ3) is 5.72. The van der Waals surface area contributed by atoms with Crippen molar-refractivity contribution in [3.8, 4) is 0 Å².